The van der Waals surface area contributed by atoms with Crippen LogP contribution >= 0.6 is 11.6 Å². The van der Waals surface area contributed by atoms with Crippen molar-refractivity contribution in [3.63, 3.8) is 0 Å². The molecule has 3 heteroatoms. The van der Waals surface area contributed by atoms with E-state index in [1.807, 2.05) is 6.07 Å². The molecule has 1 aliphatic carbocycles. The highest BCUT2D eigenvalue weighted by atomic mass is 35.5. The molecule has 58 valence electrons. The van der Waals surface area contributed by atoms with Crippen molar-refractivity contribution < 1.29 is 0 Å². The van der Waals surface area contributed by atoms with Gasteiger partial charge in [-0.1, -0.05) is 11.6 Å². The Kier molecular flexibility index (Phi) is 1.78. The molecular formula is C8H9ClN2. The third-order valence-electron chi connectivity index (χ3n) is 1.89. The first-order chi connectivity index (χ1) is 5.34. The van der Waals surface area contributed by atoms with E-state index in [-0.39, 0.29) is 0 Å². The lowest BCUT2D eigenvalue weighted by Gasteiger charge is -1.96. The Balaban J connectivity index is 2.10. The van der Waals surface area contributed by atoms with Gasteiger partial charge in [0.2, 0.25) is 0 Å². The van der Waals surface area contributed by atoms with Crippen LogP contribution in [0.2, 0.25) is 5.15 Å². The maximum Gasteiger partial charge on any atom is 0.132 e. The summed E-state index contributed by atoms with van der Waals surface area (Å²) in [7, 11) is 0. The molecule has 0 unspecified atom stereocenters. The molecule has 11 heavy (non-hydrogen) atoms. The second kappa shape index (κ2) is 2.78. The Morgan fingerprint density at radius 1 is 1.45 bits per heavy atom. The fourth-order valence-corrected chi connectivity index (χ4v) is 1.27. The molecule has 0 amide bonds. The molecule has 0 N–H and O–H groups in total. The minimum atomic E-state index is 0.552. The van der Waals surface area contributed by atoms with E-state index < -0.39 is 0 Å². The molecule has 0 radical (unpaired) electrons. The summed E-state index contributed by atoms with van der Waals surface area (Å²) in [5.41, 5.74) is 1.08. The number of hydrogen-bond acceptors (Lipinski definition) is 2. The summed E-state index contributed by atoms with van der Waals surface area (Å²) in [6.45, 7) is 0. The zero-order valence-electron chi connectivity index (χ0n) is 6.13. The van der Waals surface area contributed by atoms with E-state index in [1.165, 1.54) is 19.2 Å². The van der Waals surface area contributed by atoms with Crippen molar-refractivity contribution in [3.8, 4) is 0 Å². The molecule has 1 aromatic heterocycles. The number of nitrogens with zero attached hydrogens (tertiary/aromatic N) is 2. The van der Waals surface area contributed by atoms with Gasteiger partial charge in [-0.3, -0.25) is 0 Å². The molecule has 1 fully saturated rings. The zero-order valence-corrected chi connectivity index (χ0v) is 6.88. The average molecular weight is 169 g/mol. The lowest BCUT2D eigenvalue weighted by Crippen LogP contribution is -1.92. The summed E-state index contributed by atoms with van der Waals surface area (Å²) >= 11 is 5.70. The van der Waals surface area contributed by atoms with Gasteiger partial charge in [-0.05, 0) is 31.2 Å². The van der Waals surface area contributed by atoms with Gasteiger partial charge in [0.25, 0.3) is 0 Å². The normalized spacial score (nSPS) is 16.8. The van der Waals surface area contributed by atoms with Crippen LogP contribution in [0.1, 0.15) is 18.5 Å². The minimum Gasteiger partial charge on any atom is -0.241 e. The van der Waals surface area contributed by atoms with E-state index in [0.29, 0.717) is 5.15 Å². The van der Waals surface area contributed by atoms with Crippen molar-refractivity contribution in [2.75, 3.05) is 0 Å². The van der Waals surface area contributed by atoms with E-state index >= 15 is 0 Å². The average Bonchev–Trinajstić information content (AvgIpc) is 2.71. The first kappa shape index (κ1) is 7.04. The van der Waals surface area contributed by atoms with Gasteiger partial charge < -0.3 is 0 Å². The molecule has 0 saturated heterocycles. The van der Waals surface area contributed by atoms with Crippen LogP contribution in [0.15, 0.2) is 12.4 Å². The number of aromatic nitrogens is 2. The second-order valence-corrected chi connectivity index (χ2v) is 3.37. The molecule has 1 aromatic rings. The van der Waals surface area contributed by atoms with E-state index in [2.05, 4.69) is 9.97 Å². The van der Waals surface area contributed by atoms with Crippen molar-refractivity contribution in [2.24, 2.45) is 5.92 Å². The van der Waals surface area contributed by atoms with Crippen LogP contribution < -0.4 is 0 Å². The van der Waals surface area contributed by atoms with Crippen molar-refractivity contribution in [1.29, 1.82) is 0 Å². The monoisotopic (exact) mass is 168 g/mol. The zero-order chi connectivity index (χ0) is 7.68. The molecule has 0 bridgehead atoms. The second-order valence-electron chi connectivity index (χ2n) is 2.98. The van der Waals surface area contributed by atoms with Gasteiger partial charge in [0, 0.05) is 5.69 Å². The lowest BCUT2D eigenvalue weighted by molar-refractivity contribution is 0.798. The van der Waals surface area contributed by atoms with Gasteiger partial charge >= 0.3 is 0 Å². The highest BCUT2D eigenvalue weighted by Crippen LogP contribution is 2.32. The number of hydrogen-bond donors (Lipinski definition) is 0. The topological polar surface area (TPSA) is 25.8 Å². The van der Waals surface area contributed by atoms with Crippen LogP contribution in [-0.4, -0.2) is 9.97 Å². The van der Waals surface area contributed by atoms with Crippen molar-refractivity contribution >= 4 is 11.6 Å². The van der Waals surface area contributed by atoms with Crippen molar-refractivity contribution in [2.45, 2.75) is 19.3 Å². The minimum absolute atomic E-state index is 0.552. The Morgan fingerprint density at radius 2 is 2.27 bits per heavy atom. The fourth-order valence-electron chi connectivity index (χ4n) is 1.10. The fraction of sp³-hybridized carbons (Fsp3) is 0.500. The van der Waals surface area contributed by atoms with E-state index in [9.17, 15) is 0 Å². The summed E-state index contributed by atoms with van der Waals surface area (Å²) in [4.78, 5) is 7.95. The molecule has 0 aliphatic heterocycles. The number of halogens is 1. The molecule has 0 aromatic carbocycles. The van der Waals surface area contributed by atoms with Gasteiger partial charge in [0.15, 0.2) is 0 Å². The first-order valence-electron chi connectivity index (χ1n) is 3.81. The van der Waals surface area contributed by atoms with Gasteiger partial charge in [-0.15, -0.1) is 0 Å². The Labute approximate surface area is 70.6 Å². The Hall–Kier alpha value is -0.630. The van der Waals surface area contributed by atoms with Crippen LogP contribution in [0, 0.1) is 5.92 Å². The summed E-state index contributed by atoms with van der Waals surface area (Å²) in [6, 6.07) is 1.85. The van der Waals surface area contributed by atoms with Crippen LogP contribution in [-0.2, 0) is 6.42 Å². The molecule has 2 rings (SSSR count). The summed E-state index contributed by atoms with van der Waals surface area (Å²) in [6.07, 6.45) is 5.30. The quantitative estimate of drug-likeness (QED) is 0.632. The highest BCUT2D eigenvalue weighted by molar-refractivity contribution is 6.29. The molecule has 0 atom stereocenters. The summed E-state index contributed by atoms with van der Waals surface area (Å²) in [5, 5.41) is 0.552. The largest absolute Gasteiger partial charge is 0.241 e. The molecule has 1 heterocycles. The molecule has 0 spiro atoms. The Bertz CT molecular complexity index is 258. The maximum absolute atomic E-state index is 5.70. The van der Waals surface area contributed by atoms with E-state index in [1.54, 1.807) is 0 Å². The van der Waals surface area contributed by atoms with E-state index in [4.69, 9.17) is 11.6 Å². The van der Waals surface area contributed by atoms with Crippen molar-refractivity contribution in [1.82, 2.24) is 9.97 Å². The van der Waals surface area contributed by atoms with Gasteiger partial charge in [-0.25, -0.2) is 9.97 Å². The first-order valence-corrected chi connectivity index (χ1v) is 4.19. The molecule has 2 nitrogen and oxygen atoms in total. The molecule has 1 saturated carbocycles. The van der Waals surface area contributed by atoms with Gasteiger partial charge in [-0.2, -0.15) is 0 Å². The van der Waals surface area contributed by atoms with Crippen LogP contribution in [0.5, 0.6) is 0 Å². The smallest absolute Gasteiger partial charge is 0.132 e. The van der Waals surface area contributed by atoms with Crippen LogP contribution in [0.3, 0.4) is 0 Å². The predicted octanol–water partition coefficient (Wildman–Crippen LogP) is 2.08. The van der Waals surface area contributed by atoms with Crippen molar-refractivity contribution in [3.05, 3.63) is 23.2 Å². The van der Waals surface area contributed by atoms with Crippen LogP contribution in [0.25, 0.3) is 0 Å². The molecular weight excluding hydrogens is 160 g/mol. The number of rotatable bonds is 2. The van der Waals surface area contributed by atoms with E-state index in [0.717, 1.165) is 18.0 Å². The Morgan fingerprint density at radius 3 is 2.91 bits per heavy atom. The van der Waals surface area contributed by atoms with Gasteiger partial charge in [0.05, 0.1) is 0 Å². The summed E-state index contributed by atoms with van der Waals surface area (Å²) < 4.78 is 0. The molecule has 1 aliphatic rings. The van der Waals surface area contributed by atoms with Gasteiger partial charge in [0.1, 0.15) is 11.5 Å². The van der Waals surface area contributed by atoms with Crippen LogP contribution in [0.4, 0.5) is 0 Å². The third kappa shape index (κ3) is 1.90. The highest BCUT2D eigenvalue weighted by Gasteiger charge is 2.21. The predicted molar refractivity (Wildman–Crippen MR) is 43.5 cm³/mol. The standard InChI is InChI=1S/C8H9ClN2/c9-8-4-7(10-5-11-8)3-6-1-2-6/h4-6H,1-3H2. The third-order valence-corrected chi connectivity index (χ3v) is 2.09. The maximum atomic E-state index is 5.70. The SMILES string of the molecule is Clc1cc(CC2CC2)ncn1. The lowest BCUT2D eigenvalue weighted by atomic mass is 10.2. The summed E-state index contributed by atoms with van der Waals surface area (Å²) in [5.74, 6) is 0.862.